The van der Waals surface area contributed by atoms with E-state index in [1.807, 2.05) is 35.8 Å². The molecule has 0 bridgehead atoms. The highest BCUT2D eigenvalue weighted by molar-refractivity contribution is 6.02. The number of anilines is 2. The molecule has 2 aromatic rings. The first kappa shape index (κ1) is 21.3. The van der Waals surface area contributed by atoms with E-state index in [0.29, 0.717) is 37.6 Å². The van der Waals surface area contributed by atoms with Crippen LogP contribution in [0.25, 0.3) is 0 Å². The molecule has 0 atom stereocenters. The van der Waals surface area contributed by atoms with Crippen LogP contribution in [-0.2, 0) is 4.79 Å². The largest absolute Gasteiger partial charge is 0.363 e. The van der Waals surface area contributed by atoms with Gasteiger partial charge in [0.2, 0.25) is 5.91 Å². The van der Waals surface area contributed by atoms with E-state index in [2.05, 4.69) is 10.6 Å². The van der Waals surface area contributed by atoms with Crippen LogP contribution in [0.4, 0.5) is 21.9 Å². The van der Waals surface area contributed by atoms with E-state index in [0.717, 1.165) is 11.1 Å². The van der Waals surface area contributed by atoms with Crippen molar-refractivity contribution in [2.24, 2.45) is 0 Å². The maximum atomic E-state index is 12.2. The first-order chi connectivity index (χ1) is 14.3. The van der Waals surface area contributed by atoms with E-state index in [1.54, 1.807) is 24.3 Å². The van der Waals surface area contributed by atoms with Crippen molar-refractivity contribution >= 4 is 29.0 Å². The lowest BCUT2D eigenvalue weighted by Gasteiger charge is -2.35. The van der Waals surface area contributed by atoms with Gasteiger partial charge in [0.1, 0.15) is 5.69 Å². The first-order valence-corrected chi connectivity index (χ1v) is 9.73. The number of carbonyl (C=O) groups excluding carboxylic acids is 2. The number of benzene rings is 2. The number of carbonyl (C=O) groups is 2. The second kappa shape index (κ2) is 9.36. The first-order valence-electron chi connectivity index (χ1n) is 9.73. The third kappa shape index (κ3) is 5.12. The van der Waals surface area contributed by atoms with Crippen molar-refractivity contribution in [3.05, 3.63) is 63.7 Å². The van der Waals surface area contributed by atoms with Crippen LogP contribution in [0.15, 0.2) is 42.5 Å². The zero-order valence-electron chi connectivity index (χ0n) is 17.1. The number of imide groups is 1. The van der Waals surface area contributed by atoms with E-state index in [9.17, 15) is 19.7 Å². The number of piperazine rings is 1. The highest BCUT2D eigenvalue weighted by Crippen LogP contribution is 2.28. The van der Waals surface area contributed by atoms with Crippen molar-refractivity contribution in [3.8, 4) is 0 Å². The Kier molecular flexibility index (Phi) is 6.63. The highest BCUT2D eigenvalue weighted by Gasteiger charge is 2.24. The summed E-state index contributed by atoms with van der Waals surface area (Å²) >= 11 is 0. The maximum absolute atomic E-state index is 12.2. The monoisotopic (exact) mass is 411 g/mol. The van der Waals surface area contributed by atoms with Crippen molar-refractivity contribution in [3.63, 3.8) is 0 Å². The predicted octanol–water partition coefficient (Wildman–Crippen LogP) is 2.68. The average Bonchev–Trinajstić information content (AvgIpc) is 2.72. The molecular weight excluding hydrogens is 386 g/mol. The Bertz CT molecular complexity index is 954. The van der Waals surface area contributed by atoms with Gasteiger partial charge in [-0.25, -0.2) is 4.79 Å². The van der Waals surface area contributed by atoms with Crippen LogP contribution >= 0.6 is 0 Å². The quantitative estimate of drug-likeness (QED) is 0.579. The van der Waals surface area contributed by atoms with E-state index in [1.165, 1.54) is 6.07 Å². The molecule has 0 aliphatic carbocycles. The van der Waals surface area contributed by atoms with E-state index < -0.39 is 11.9 Å². The van der Waals surface area contributed by atoms with Crippen LogP contribution in [0.5, 0.6) is 0 Å². The number of hydrogen-bond donors (Lipinski definition) is 2. The van der Waals surface area contributed by atoms with Gasteiger partial charge in [-0.3, -0.25) is 25.1 Å². The van der Waals surface area contributed by atoms with Crippen LogP contribution in [0.2, 0.25) is 0 Å². The van der Waals surface area contributed by atoms with E-state index >= 15 is 0 Å². The second-order valence-electron chi connectivity index (χ2n) is 7.26. The molecular formula is C21H25N5O4. The number of nitrogens with zero attached hydrogens (tertiary/aromatic N) is 3. The number of hydrogen-bond acceptors (Lipinski definition) is 6. The van der Waals surface area contributed by atoms with Crippen LogP contribution in [0.3, 0.4) is 0 Å². The molecule has 0 saturated carbocycles. The Labute approximate surface area is 174 Å². The lowest BCUT2D eigenvalue weighted by Crippen LogP contribution is -2.50. The summed E-state index contributed by atoms with van der Waals surface area (Å²) in [6.07, 6.45) is 0. The summed E-state index contributed by atoms with van der Waals surface area (Å²) in [6, 6.07) is 11.7. The summed E-state index contributed by atoms with van der Waals surface area (Å²) in [5.74, 6) is -0.392. The van der Waals surface area contributed by atoms with Crippen molar-refractivity contribution in [1.29, 1.82) is 0 Å². The zero-order chi connectivity index (χ0) is 21.7. The SMILES string of the molecule is Cc1cccc(NC(=O)NC(=O)CN2CCN(c3ccccc3[N+](=O)[O-])CC2)c1C. The summed E-state index contributed by atoms with van der Waals surface area (Å²) in [5.41, 5.74) is 3.33. The molecule has 0 unspecified atom stereocenters. The third-order valence-corrected chi connectivity index (χ3v) is 5.26. The smallest absolute Gasteiger partial charge is 0.325 e. The lowest BCUT2D eigenvalue weighted by atomic mass is 10.1. The summed E-state index contributed by atoms with van der Waals surface area (Å²) in [7, 11) is 0. The molecule has 158 valence electrons. The Hall–Kier alpha value is -3.46. The topological polar surface area (TPSA) is 108 Å². The Balaban J connectivity index is 1.49. The zero-order valence-corrected chi connectivity index (χ0v) is 17.1. The summed E-state index contributed by atoms with van der Waals surface area (Å²) in [5, 5.41) is 16.3. The number of aryl methyl sites for hydroxylation is 1. The molecule has 3 rings (SSSR count). The summed E-state index contributed by atoms with van der Waals surface area (Å²) in [6.45, 7) is 6.21. The van der Waals surface area contributed by atoms with Crippen molar-refractivity contribution in [2.75, 3.05) is 42.9 Å². The second-order valence-corrected chi connectivity index (χ2v) is 7.26. The molecule has 0 aromatic heterocycles. The van der Waals surface area contributed by atoms with Gasteiger partial charge in [0.15, 0.2) is 0 Å². The van der Waals surface area contributed by atoms with Crippen LogP contribution in [-0.4, -0.2) is 54.5 Å². The molecule has 9 nitrogen and oxygen atoms in total. The number of urea groups is 1. The fourth-order valence-electron chi connectivity index (χ4n) is 3.44. The lowest BCUT2D eigenvalue weighted by molar-refractivity contribution is -0.384. The molecule has 1 aliphatic heterocycles. The molecule has 3 amide bonds. The normalized spacial score (nSPS) is 14.3. The van der Waals surface area contributed by atoms with Crippen molar-refractivity contribution in [2.45, 2.75) is 13.8 Å². The van der Waals surface area contributed by atoms with Gasteiger partial charge in [0.25, 0.3) is 5.69 Å². The van der Waals surface area contributed by atoms with Crippen molar-refractivity contribution < 1.29 is 14.5 Å². The Morgan fingerprint density at radius 2 is 1.73 bits per heavy atom. The molecule has 1 heterocycles. The van der Waals surface area contributed by atoms with Gasteiger partial charge in [0.05, 0.1) is 11.5 Å². The number of amides is 3. The maximum Gasteiger partial charge on any atom is 0.325 e. The van der Waals surface area contributed by atoms with Crippen LogP contribution < -0.4 is 15.5 Å². The minimum atomic E-state index is -0.563. The fourth-order valence-corrected chi connectivity index (χ4v) is 3.44. The number of nitro groups is 1. The highest BCUT2D eigenvalue weighted by atomic mass is 16.6. The average molecular weight is 411 g/mol. The Morgan fingerprint density at radius 1 is 1.03 bits per heavy atom. The molecule has 1 fully saturated rings. The summed E-state index contributed by atoms with van der Waals surface area (Å²) < 4.78 is 0. The van der Waals surface area contributed by atoms with E-state index in [-0.39, 0.29) is 17.2 Å². The predicted molar refractivity (Wildman–Crippen MR) is 115 cm³/mol. The number of para-hydroxylation sites is 2. The molecule has 2 N–H and O–H groups in total. The molecule has 2 aromatic carbocycles. The molecule has 0 spiro atoms. The molecule has 30 heavy (non-hydrogen) atoms. The fraction of sp³-hybridized carbons (Fsp3) is 0.333. The van der Waals surface area contributed by atoms with Crippen molar-refractivity contribution in [1.82, 2.24) is 10.2 Å². The van der Waals surface area contributed by atoms with E-state index in [4.69, 9.17) is 0 Å². The van der Waals surface area contributed by atoms with Gasteiger partial charge >= 0.3 is 6.03 Å². The van der Waals surface area contributed by atoms with Gasteiger partial charge in [0, 0.05) is 37.9 Å². The Morgan fingerprint density at radius 3 is 2.43 bits per heavy atom. The van der Waals surface area contributed by atoms with Crippen LogP contribution in [0.1, 0.15) is 11.1 Å². The van der Waals surface area contributed by atoms with Crippen LogP contribution in [0, 0.1) is 24.0 Å². The third-order valence-electron chi connectivity index (χ3n) is 5.26. The minimum absolute atomic E-state index is 0.0757. The number of rotatable bonds is 5. The minimum Gasteiger partial charge on any atom is -0.363 e. The van der Waals surface area contributed by atoms with Gasteiger partial charge in [-0.15, -0.1) is 0 Å². The number of nitrogens with one attached hydrogen (secondary N) is 2. The summed E-state index contributed by atoms with van der Waals surface area (Å²) in [4.78, 5) is 39.1. The molecule has 9 heteroatoms. The van der Waals surface area contributed by atoms with Gasteiger partial charge in [-0.2, -0.15) is 0 Å². The molecule has 1 saturated heterocycles. The van der Waals surface area contributed by atoms with Gasteiger partial charge in [-0.1, -0.05) is 24.3 Å². The molecule has 0 radical (unpaired) electrons. The number of nitro benzene ring substituents is 1. The van der Waals surface area contributed by atoms with Gasteiger partial charge < -0.3 is 10.2 Å². The standard InChI is InChI=1S/C21H25N5O4/c1-15-6-5-7-17(16(15)2)22-21(28)23-20(27)14-24-10-12-25(13-11-24)18-8-3-4-9-19(18)26(29)30/h3-9H,10-14H2,1-2H3,(H2,22,23,27,28). The molecule has 1 aliphatic rings. The van der Waals surface area contributed by atoms with Gasteiger partial charge in [-0.05, 0) is 37.1 Å².